The molecule has 0 saturated carbocycles. The molecule has 1 unspecified atom stereocenters. The second kappa shape index (κ2) is 4.14. The second-order valence-corrected chi connectivity index (χ2v) is 4.30. The summed E-state index contributed by atoms with van der Waals surface area (Å²) >= 11 is 0. The average Bonchev–Trinajstić information content (AvgIpc) is 2.43. The molecule has 0 bridgehead atoms. The van der Waals surface area contributed by atoms with E-state index < -0.39 is 29.7 Å². The molecule has 1 saturated heterocycles. The summed E-state index contributed by atoms with van der Waals surface area (Å²) in [6.45, 7) is 0. The Morgan fingerprint density at radius 2 is 1.90 bits per heavy atom. The van der Waals surface area contributed by atoms with Crippen LogP contribution < -0.4 is 10.6 Å². The summed E-state index contributed by atoms with van der Waals surface area (Å²) < 4.78 is 5.51. The standard InChI is InChI=1S/C12H9N3O5/c16-6-7-5-15-4-2-1-3-8(15)20-12(7)9(17)13-11(19)14-10(12)18/h1-6,8H,(H2,13,14,17,18,19). The molecule has 0 radical (unpaired) electrons. The number of amides is 4. The molecular formula is C12H9N3O5. The molecule has 3 aliphatic heterocycles. The Kier molecular flexibility index (Phi) is 2.54. The van der Waals surface area contributed by atoms with Crippen molar-refractivity contribution in [1.82, 2.24) is 15.5 Å². The lowest BCUT2D eigenvalue weighted by Crippen LogP contribution is -2.71. The minimum Gasteiger partial charge on any atom is -0.324 e. The van der Waals surface area contributed by atoms with Crippen LogP contribution in [-0.4, -0.2) is 40.9 Å². The van der Waals surface area contributed by atoms with Gasteiger partial charge < -0.3 is 9.64 Å². The molecule has 1 atom stereocenters. The first-order valence-corrected chi connectivity index (χ1v) is 5.72. The molecule has 2 N–H and O–H groups in total. The van der Waals surface area contributed by atoms with Crippen molar-refractivity contribution in [2.45, 2.75) is 11.8 Å². The summed E-state index contributed by atoms with van der Waals surface area (Å²) in [4.78, 5) is 48.0. The maximum atomic E-state index is 12.1. The predicted molar refractivity (Wildman–Crippen MR) is 63.6 cm³/mol. The van der Waals surface area contributed by atoms with Crippen LogP contribution in [0.5, 0.6) is 0 Å². The van der Waals surface area contributed by atoms with Crippen LogP contribution >= 0.6 is 0 Å². The lowest BCUT2D eigenvalue weighted by Gasteiger charge is -2.42. The SMILES string of the molecule is O=CC1=CN2C=CC=CC2OC12C(=O)NC(=O)NC2=O. The Balaban J connectivity index is 2.11. The van der Waals surface area contributed by atoms with Gasteiger partial charge in [-0.25, -0.2) is 4.79 Å². The monoisotopic (exact) mass is 275 g/mol. The van der Waals surface area contributed by atoms with Crippen molar-refractivity contribution < 1.29 is 23.9 Å². The molecule has 102 valence electrons. The van der Waals surface area contributed by atoms with Gasteiger partial charge in [0.15, 0.2) is 12.5 Å². The number of hydrogen-bond donors (Lipinski definition) is 2. The van der Waals surface area contributed by atoms with Crippen molar-refractivity contribution in [3.05, 3.63) is 36.2 Å². The van der Waals surface area contributed by atoms with Crippen LogP contribution in [0, 0.1) is 0 Å². The highest BCUT2D eigenvalue weighted by Gasteiger charge is 2.58. The molecule has 8 heteroatoms. The Morgan fingerprint density at radius 3 is 2.55 bits per heavy atom. The van der Waals surface area contributed by atoms with Gasteiger partial charge >= 0.3 is 6.03 Å². The molecular weight excluding hydrogens is 266 g/mol. The van der Waals surface area contributed by atoms with E-state index in [0.29, 0.717) is 6.29 Å². The number of barbiturate groups is 1. The molecule has 0 aromatic rings. The smallest absolute Gasteiger partial charge is 0.324 e. The number of carbonyl (C=O) groups is 4. The van der Waals surface area contributed by atoms with Crippen LogP contribution in [0.4, 0.5) is 4.79 Å². The number of fused-ring (bicyclic) bond motifs is 1. The largest absolute Gasteiger partial charge is 0.328 e. The first-order valence-electron chi connectivity index (χ1n) is 5.72. The average molecular weight is 275 g/mol. The Morgan fingerprint density at radius 1 is 1.20 bits per heavy atom. The second-order valence-electron chi connectivity index (χ2n) is 4.30. The summed E-state index contributed by atoms with van der Waals surface area (Å²) in [5.41, 5.74) is -2.33. The third-order valence-electron chi connectivity index (χ3n) is 3.15. The summed E-state index contributed by atoms with van der Waals surface area (Å²) in [5, 5.41) is 3.87. The van der Waals surface area contributed by atoms with E-state index in [9.17, 15) is 19.2 Å². The molecule has 1 spiro atoms. The quantitative estimate of drug-likeness (QED) is 0.465. The minimum atomic E-state index is -2.15. The third-order valence-corrected chi connectivity index (χ3v) is 3.15. The number of hydrogen-bond acceptors (Lipinski definition) is 6. The van der Waals surface area contributed by atoms with Gasteiger partial charge in [0.2, 0.25) is 0 Å². The number of aldehydes is 1. The first kappa shape index (κ1) is 12.3. The van der Waals surface area contributed by atoms with Crippen LogP contribution in [0.1, 0.15) is 0 Å². The number of ether oxygens (including phenoxy) is 1. The lowest BCUT2D eigenvalue weighted by atomic mass is 9.89. The third kappa shape index (κ3) is 1.51. The van der Waals surface area contributed by atoms with Crippen molar-refractivity contribution in [1.29, 1.82) is 0 Å². The number of allylic oxidation sites excluding steroid dienone is 2. The zero-order valence-electron chi connectivity index (χ0n) is 10.0. The molecule has 4 amide bonds. The van der Waals surface area contributed by atoms with Gasteiger partial charge in [-0.1, -0.05) is 6.08 Å². The van der Waals surface area contributed by atoms with Crippen LogP contribution in [0.15, 0.2) is 36.2 Å². The Labute approximate surface area is 112 Å². The van der Waals surface area contributed by atoms with Crippen LogP contribution in [0.3, 0.4) is 0 Å². The molecule has 3 heterocycles. The highest BCUT2D eigenvalue weighted by Crippen LogP contribution is 2.32. The molecule has 3 rings (SSSR count). The fourth-order valence-electron chi connectivity index (χ4n) is 2.21. The molecule has 1 fully saturated rings. The number of imide groups is 2. The van der Waals surface area contributed by atoms with Gasteiger partial charge in [-0.2, -0.15) is 0 Å². The number of rotatable bonds is 1. The summed E-state index contributed by atoms with van der Waals surface area (Å²) in [5.74, 6) is -1.96. The fourth-order valence-corrected chi connectivity index (χ4v) is 2.21. The van der Waals surface area contributed by atoms with Crippen molar-refractivity contribution in [2.24, 2.45) is 0 Å². The fraction of sp³-hybridized carbons (Fsp3) is 0.167. The van der Waals surface area contributed by atoms with Gasteiger partial charge in [-0.05, 0) is 12.2 Å². The topological polar surface area (TPSA) is 105 Å². The van der Waals surface area contributed by atoms with E-state index in [1.165, 1.54) is 11.1 Å². The van der Waals surface area contributed by atoms with Gasteiger partial charge in [0.1, 0.15) is 0 Å². The van der Waals surface area contributed by atoms with Crippen molar-refractivity contribution in [3.8, 4) is 0 Å². The summed E-state index contributed by atoms with van der Waals surface area (Å²) in [6.07, 6.45) is 7.61. The summed E-state index contributed by atoms with van der Waals surface area (Å²) in [7, 11) is 0. The highest BCUT2D eigenvalue weighted by molar-refractivity contribution is 6.26. The van der Waals surface area contributed by atoms with E-state index in [2.05, 4.69) is 0 Å². The number of nitrogens with zero attached hydrogens (tertiary/aromatic N) is 1. The number of nitrogens with one attached hydrogen (secondary N) is 2. The van der Waals surface area contributed by atoms with E-state index in [1.807, 2.05) is 10.6 Å². The first-order chi connectivity index (χ1) is 9.57. The van der Waals surface area contributed by atoms with E-state index in [-0.39, 0.29) is 5.57 Å². The minimum absolute atomic E-state index is 0.184. The van der Waals surface area contributed by atoms with E-state index in [4.69, 9.17) is 4.74 Å². The van der Waals surface area contributed by atoms with Crippen LogP contribution in [-0.2, 0) is 19.1 Å². The summed E-state index contributed by atoms with van der Waals surface area (Å²) in [6, 6.07) is -0.944. The van der Waals surface area contributed by atoms with Gasteiger partial charge in [-0.15, -0.1) is 0 Å². The molecule has 8 nitrogen and oxygen atoms in total. The molecule has 20 heavy (non-hydrogen) atoms. The normalized spacial score (nSPS) is 26.8. The van der Waals surface area contributed by atoms with Gasteiger partial charge in [0.25, 0.3) is 17.4 Å². The molecule has 0 aromatic carbocycles. The van der Waals surface area contributed by atoms with E-state index in [1.54, 1.807) is 24.4 Å². The molecule has 0 aromatic heterocycles. The van der Waals surface area contributed by atoms with Gasteiger partial charge in [-0.3, -0.25) is 25.0 Å². The Hall–Kier alpha value is -2.74. The van der Waals surface area contributed by atoms with Crippen molar-refractivity contribution in [2.75, 3.05) is 0 Å². The van der Waals surface area contributed by atoms with Gasteiger partial charge in [0.05, 0.1) is 5.57 Å². The van der Waals surface area contributed by atoms with Crippen LogP contribution in [0.2, 0.25) is 0 Å². The van der Waals surface area contributed by atoms with Gasteiger partial charge in [0, 0.05) is 12.4 Å². The Bertz CT molecular complexity index is 599. The van der Waals surface area contributed by atoms with E-state index >= 15 is 0 Å². The number of urea groups is 1. The number of carbonyl (C=O) groups excluding carboxylic acids is 4. The van der Waals surface area contributed by atoms with E-state index in [0.717, 1.165) is 0 Å². The van der Waals surface area contributed by atoms with Crippen molar-refractivity contribution >= 4 is 24.1 Å². The zero-order valence-corrected chi connectivity index (χ0v) is 10.0. The van der Waals surface area contributed by atoms with Crippen molar-refractivity contribution in [3.63, 3.8) is 0 Å². The predicted octanol–water partition coefficient (Wildman–Crippen LogP) is -1.08. The lowest BCUT2D eigenvalue weighted by molar-refractivity contribution is -0.171. The molecule has 3 aliphatic rings. The highest BCUT2D eigenvalue weighted by atomic mass is 16.5. The van der Waals surface area contributed by atoms with Crippen LogP contribution in [0.25, 0.3) is 0 Å². The zero-order chi connectivity index (χ0) is 14.3. The maximum Gasteiger partial charge on any atom is 0.328 e. The molecule has 0 aliphatic carbocycles. The maximum absolute atomic E-state index is 12.1.